The molecule has 3 N–H and O–H groups in total. The van der Waals surface area contributed by atoms with E-state index < -0.39 is 23.0 Å². The molecule has 2 bridgehead atoms. The zero-order valence-corrected chi connectivity index (χ0v) is 14.3. The maximum atomic E-state index is 11.9. The van der Waals surface area contributed by atoms with Crippen LogP contribution in [0.15, 0.2) is 0 Å². The number of fused-ring (bicyclic) bond motifs is 2. The van der Waals surface area contributed by atoms with Gasteiger partial charge in [0.2, 0.25) is 0 Å². The van der Waals surface area contributed by atoms with Crippen molar-refractivity contribution in [3.05, 3.63) is 0 Å². The van der Waals surface area contributed by atoms with E-state index in [-0.39, 0.29) is 25.0 Å². The fourth-order valence-electron chi connectivity index (χ4n) is 3.75. The number of carbonyl (C=O) groups excluding carboxylic acids is 1. The molecule has 23 heavy (non-hydrogen) atoms. The van der Waals surface area contributed by atoms with E-state index in [0.717, 1.165) is 19.3 Å². The molecule has 6 nitrogen and oxygen atoms in total. The molecule has 0 radical (unpaired) electrons. The average Bonchev–Trinajstić information content (AvgIpc) is 3.11. The lowest BCUT2D eigenvalue weighted by Crippen LogP contribution is -2.57. The topological polar surface area (TPSA) is 95.9 Å². The van der Waals surface area contributed by atoms with Gasteiger partial charge in [0.25, 0.3) is 0 Å². The van der Waals surface area contributed by atoms with Gasteiger partial charge >= 0.3 is 11.9 Å². The number of rotatable bonds is 8. The van der Waals surface area contributed by atoms with Crippen molar-refractivity contribution in [2.45, 2.75) is 64.5 Å². The second-order valence-corrected chi connectivity index (χ2v) is 7.73. The quantitative estimate of drug-likeness (QED) is 0.586. The first kappa shape index (κ1) is 18.2. The minimum atomic E-state index is -0.920. The molecule has 2 aliphatic rings. The van der Waals surface area contributed by atoms with Crippen LogP contribution in [0.2, 0.25) is 0 Å². The molecule has 0 aromatic carbocycles. The predicted molar refractivity (Wildman–Crippen MR) is 84.9 cm³/mol. The number of aliphatic hydroxyl groups excluding tert-OH is 1. The molecule has 2 rings (SSSR count). The maximum absolute atomic E-state index is 11.9. The smallest absolute Gasteiger partial charge is 0.324 e. The Bertz CT molecular complexity index is 464. The highest BCUT2D eigenvalue weighted by Crippen LogP contribution is 2.50. The molecule has 2 saturated carbocycles. The summed E-state index contributed by atoms with van der Waals surface area (Å²) in [6, 6.07) is 0. The zero-order chi connectivity index (χ0) is 17.3. The van der Waals surface area contributed by atoms with Crippen molar-refractivity contribution in [3.8, 4) is 0 Å². The number of carboxylic acid groups (broad SMARTS) is 1. The third-order valence-electron chi connectivity index (χ3n) is 5.73. The summed E-state index contributed by atoms with van der Waals surface area (Å²) in [4.78, 5) is 23.6. The van der Waals surface area contributed by atoms with E-state index in [2.05, 4.69) is 5.32 Å². The molecular weight excluding hydrogens is 298 g/mol. The number of ether oxygens (including phenoxy) is 1. The molecule has 0 amide bonds. The van der Waals surface area contributed by atoms with Gasteiger partial charge in [-0.3, -0.25) is 14.9 Å². The van der Waals surface area contributed by atoms with Crippen molar-refractivity contribution < 1.29 is 24.5 Å². The Morgan fingerprint density at radius 2 is 2.09 bits per heavy atom. The van der Waals surface area contributed by atoms with Crippen LogP contribution >= 0.6 is 0 Å². The van der Waals surface area contributed by atoms with Crippen LogP contribution < -0.4 is 5.32 Å². The molecule has 0 spiro atoms. The van der Waals surface area contributed by atoms with Crippen molar-refractivity contribution >= 4 is 11.9 Å². The second kappa shape index (κ2) is 6.77. The number of aliphatic carboxylic acids is 1. The second-order valence-electron chi connectivity index (χ2n) is 7.73. The summed E-state index contributed by atoms with van der Waals surface area (Å²) in [7, 11) is 0. The molecule has 0 aliphatic heterocycles. The molecule has 0 saturated heterocycles. The molecule has 6 heteroatoms. The van der Waals surface area contributed by atoms with Gasteiger partial charge < -0.3 is 14.9 Å². The van der Waals surface area contributed by atoms with E-state index in [0.29, 0.717) is 18.8 Å². The number of β-amino-alcohol motifs (C(OH)–C–C–N with tert-alkyl or cyclic N) is 1. The van der Waals surface area contributed by atoms with Gasteiger partial charge in [-0.1, -0.05) is 13.3 Å². The van der Waals surface area contributed by atoms with E-state index in [1.54, 1.807) is 13.8 Å². The van der Waals surface area contributed by atoms with Crippen LogP contribution in [0.5, 0.6) is 0 Å². The summed E-state index contributed by atoms with van der Waals surface area (Å²) in [6.45, 7) is 5.52. The molecule has 4 unspecified atom stereocenters. The van der Waals surface area contributed by atoms with Gasteiger partial charge in [-0.15, -0.1) is 0 Å². The van der Waals surface area contributed by atoms with Crippen LogP contribution in [0.1, 0.15) is 52.9 Å². The van der Waals surface area contributed by atoms with Crippen molar-refractivity contribution in [2.75, 3.05) is 13.2 Å². The Morgan fingerprint density at radius 3 is 2.57 bits per heavy atom. The molecule has 0 aromatic rings. The largest absolute Gasteiger partial charge is 0.480 e. The molecular formula is C17H29NO5. The van der Waals surface area contributed by atoms with E-state index in [9.17, 15) is 19.8 Å². The first-order valence-electron chi connectivity index (χ1n) is 8.55. The van der Waals surface area contributed by atoms with Crippen molar-refractivity contribution in [1.29, 1.82) is 0 Å². The van der Waals surface area contributed by atoms with Gasteiger partial charge in [-0.25, -0.2) is 0 Å². The molecule has 0 heterocycles. The molecule has 2 aliphatic carbocycles. The summed E-state index contributed by atoms with van der Waals surface area (Å²) in [6.07, 6.45) is 3.37. The first-order chi connectivity index (χ1) is 10.7. The van der Waals surface area contributed by atoms with Crippen molar-refractivity contribution in [1.82, 2.24) is 5.32 Å². The first-order valence-corrected chi connectivity index (χ1v) is 8.55. The molecule has 2 fully saturated rings. The van der Waals surface area contributed by atoms with Gasteiger partial charge in [0.05, 0.1) is 5.41 Å². The third-order valence-corrected chi connectivity index (χ3v) is 5.73. The Balaban J connectivity index is 1.83. The van der Waals surface area contributed by atoms with E-state index in [4.69, 9.17) is 4.74 Å². The summed E-state index contributed by atoms with van der Waals surface area (Å²) in [5, 5.41) is 22.7. The number of carboxylic acids is 1. The number of esters is 1. The van der Waals surface area contributed by atoms with Crippen LogP contribution in [-0.4, -0.2) is 46.9 Å². The highest BCUT2D eigenvalue weighted by Gasteiger charge is 2.55. The van der Waals surface area contributed by atoms with Gasteiger partial charge in [0.1, 0.15) is 18.2 Å². The monoisotopic (exact) mass is 327 g/mol. The van der Waals surface area contributed by atoms with Crippen molar-refractivity contribution in [2.24, 2.45) is 17.3 Å². The van der Waals surface area contributed by atoms with Crippen LogP contribution in [0.25, 0.3) is 0 Å². The van der Waals surface area contributed by atoms with E-state index in [1.165, 1.54) is 0 Å². The lowest BCUT2D eigenvalue weighted by molar-refractivity contribution is -0.157. The summed E-state index contributed by atoms with van der Waals surface area (Å²) >= 11 is 0. The van der Waals surface area contributed by atoms with Crippen LogP contribution in [-0.2, 0) is 14.3 Å². The standard InChI is InChI=1S/C17H29NO5/c1-4-16(2,3)15(22)23-10-13(19)9-18-17(14(20)21)8-11-5-6-12(17)7-11/h11-13,18-19H,4-10H2,1-3H3,(H,20,21). The fraction of sp³-hybridized carbons (Fsp3) is 0.882. The third kappa shape index (κ3) is 3.69. The van der Waals surface area contributed by atoms with Gasteiger partial charge in [0.15, 0.2) is 0 Å². The SMILES string of the molecule is CCC(C)(C)C(=O)OCC(O)CNC1(C(=O)O)CC2CCC1C2. The lowest BCUT2D eigenvalue weighted by Gasteiger charge is -2.35. The minimum Gasteiger partial charge on any atom is -0.480 e. The number of carbonyl (C=O) groups is 2. The average molecular weight is 327 g/mol. The highest BCUT2D eigenvalue weighted by molar-refractivity contribution is 5.80. The van der Waals surface area contributed by atoms with Crippen LogP contribution in [0.3, 0.4) is 0 Å². The Morgan fingerprint density at radius 1 is 1.39 bits per heavy atom. The number of hydrogen-bond donors (Lipinski definition) is 3. The maximum Gasteiger partial charge on any atom is 0.324 e. The zero-order valence-electron chi connectivity index (χ0n) is 14.3. The van der Waals surface area contributed by atoms with E-state index in [1.807, 2.05) is 6.92 Å². The van der Waals surface area contributed by atoms with Gasteiger partial charge in [0, 0.05) is 6.54 Å². The normalized spacial score (nSPS) is 31.1. The van der Waals surface area contributed by atoms with Crippen molar-refractivity contribution in [3.63, 3.8) is 0 Å². The Kier molecular flexibility index (Phi) is 5.36. The number of aliphatic hydroxyl groups is 1. The Labute approximate surface area is 137 Å². The van der Waals surface area contributed by atoms with Crippen LogP contribution in [0, 0.1) is 17.3 Å². The number of hydrogen-bond acceptors (Lipinski definition) is 5. The van der Waals surface area contributed by atoms with E-state index >= 15 is 0 Å². The van der Waals surface area contributed by atoms with Gasteiger partial charge in [-0.2, -0.15) is 0 Å². The summed E-state index contributed by atoms with van der Waals surface area (Å²) in [5.74, 6) is -0.560. The molecule has 4 atom stereocenters. The summed E-state index contributed by atoms with van der Waals surface area (Å²) in [5.41, 5.74) is -1.49. The fourth-order valence-corrected chi connectivity index (χ4v) is 3.75. The molecule has 132 valence electrons. The summed E-state index contributed by atoms with van der Waals surface area (Å²) < 4.78 is 5.15. The van der Waals surface area contributed by atoms with Gasteiger partial charge in [-0.05, 0) is 51.4 Å². The minimum absolute atomic E-state index is 0.112. The number of nitrogens with one attached hydrogen (secondary N) is 1. The predicted octanol–water partition coefficient (Wildman–Crippen LogP) is 1.56. The highest BCUT2D eigenvalue weighted by atomic mass is 16.5. The lowest BCUT2D eigenvalue weighted by atomic mass is 9.81. The van der Waals surface area contributed by atoms with Crippen LogP contribution in [0.4, 0.5) is 0 Å². The Hall–Kier alpha value is -1.14. The molecule has 0 aromatic heterocycles.